The van der Waals surface area contributed by atoms with Crippen molar-refractivity contribution in [3.05, 3.63) is 11.3 Å². The number of nitriles is 1. The lowest BCUT2D eigenvalue weighted by atomic mass is 10.1. The Morgan fingerprint density at radius 3 is 3.00 bits per heavy atom. The van der Waals surface area contributed by atoms with Crippen molar-refractivity contribution >= 4 is 5.97 Å². The van der Waals surface area contributed by atoms with Gasteiger partial charge in [0, 0.05) is 12.2 Å². The molecular weight excluding hydrogens is 192 g/mol. The predicted molar refractivity (Wildman–Crippen MR) is 55.7 cm³/mol. The Morgan fingerprint density at radius 1 is 1.53 bits per heavy atom. The molecule has 1 rings (SSSR count). The molecule has 0 spiro atoms. The van der Waals surface area contributed by atoms with E-state index in [2.05, 4.69) is 5.32 Å². The molecule has 0 bridgehead atoms. The van der Waals surface area contributed by atoms with Crippen LogP contribution in [0, 0.1) is 11.3 Å². The minimum absolute atomic E-state index is 0.138. The number of esters is 1. The molecule has 0 atom stereocenters. The number of nitrogens with zero attached hydrogens (tertiary/aromatic N) is 1. The zero-order chi connectivity index (χ0) is 11.1. The molecule has 1 aliphatic heterocycles. The molecule has 1 fully saturated rings. The quantitative estimate of drug-likeness (QED) is 0.424. The zero-order valence-corrected chi connectivity index (χ0v) is 9.01. The maximum atomic E-state index is 11.4. The fourth-order valence-corrected chi connectivity index (χ4v) is 1.58. The standard InChI is InChI=1S/C11H16N2O2/c1-2-15-11(14)9(8-12)10-6-4-3-5-7-13-10/h13H,2-7H2,1H3/b10-9+. The molecule has 0 aromatic rings. The molecule has 0 aromatic carbocycles. The van der Waals surface area contributed by atoms with Gasteiger partial charge in [-0.1, -0.05) is 6.42 Å². The van der Waals surface area contributed by atoms with Crippen LogP contribution in [0.2, 0.25) is 0 Å². The van der Waals surface area contributed by atoms with Gasteiger partial charge in [0.1, 0.15) is 6.07 Å². The van der Waals surface area contributed by atoms with E-state index in [4.69, 9.17) is 10.00 Å². The number of carbonyl (C=O) groups excluding carboxylic acids is 1. The van der Waals surface area contributed by atoms with Gasteiger partial charge in [0.25, 0.3) is 0 Å². The molecule has 1 saturated heterocycles. The van der Waals surface area contributed by atoms with Gasteiger partial charge in [0.05, 0.1) is 6.61 Å². The van der Waals surface area contributed by atoms with E-state index in [1.54, 1.807) is 6.92 Å². The minimum atomic E-state index is -0.510. The molecule has 1 N–H and O–H groups in total. The van der Waals surface area contributed by atoms with E-state index in [0.29, 0.717) is 6.61 Å². The van der Waals surface area contributed by atoms with Gasteiger partial charge in [-0.25, -0.2) is 4.79 Å². The van der Waals surface area contributed by atoms with Crippen molar-refractivity contribution < 1.29 is 9.53 Å². The first-order valence-corrected chi connectivity index (χ1v) is 5.33. The van der Waals surface area contributed by atoms with Gasteiger partial charge in [0.2, 0.25) is 0 Å². The Morgan fingerprint density at radius 2 is 2.33 bits per heavy atom. The van der Waals surface area contributed by atoms with Crippen molar-refractivity contribution in [2.24, 2.45) is 0 Å². The molecule has 4 nitrogen and oxygen atoms in total. The van der Waals surface area contributed by atoms with E-state index >= 15 is 0 Å². The van der Waals surface area contributed by atoms with Crippen LogP contribution in [0.3, 0.4) is 0 Å². The maximum absolute atomic E-state index is 11.4. The number of ether oxygens (including phenoxy) is 1. The molecule has 4 heteroatoms. The summed E-state index contributed by atoms with van der Waals surface area (Å²) in [5.41, 5.74) is 0.882. The van der Waals surface area contributed by atoms with Crippen LogP contribution in [0.1, 0.15) is 32.6 Å². The van der Waals surface area contributed by atoms with Gasteiger partial charge in [-0.15, -0.1) is 0 Å². The summed E-state index contributed by atoms with van der Waals surface area (Å²) in [4.78, 5) is 11.4. The first-order valence-electron chi connectivity index (χ1n) is 5.33. The highest BCUT2D eigenvalue weighted by Crippen LogP contribution is 2.15. The largest absolute Gasteiger partial charge is 0.462 e. The minimum Gasteiger partial charge on any atom is -0.462 e. The van der Waals surface area contributed by atoms with Crippen LogP contribution in [0.15, 0.2) is 11.3 Å². The predicted octanol–water partition coefficient (Wildman–Crippen LogP) is 1.49. The molecule has 1 aliphatic rings. The second-order valence-corrected chi connectivity index (χ2v) is 3.42. The molecule has 0 saturated carbocycles. The van der Waals surface area contributed by atoms with Crippen molar-refractivity contribution in [3.63, 3.8) is 0 Å². The first-order chi connectivity index (χ1) is 7.29. The highest BCUT2D eigenvalue weighted by Gasteiger charge is 2.17. The normalized spacial score (nSPS) is 19.5. The topological polar surface area (TPSA) is 62.1 Å². The molecule has 82 valence electrons. The number of hydrogen-bond acceptors (Lipinski definition) is 4. The summed E-state index contributed by atoms with van der Waals surface area (Å²) in [6.07, 6.45) is 4.01. The van der Waals surface area contributed by atoms with Gasteiger partial charge in [-0.2, -0.15) is 5.26 Å². The third kappa shape index (κ3) is 3.28. The summed E-state index contributed by atoms with van der Waals surface area (Å²) in [7, 11) is 0. The summed E-state index contributed by atoms with van der Waals surface area (Å²) in [5, 5.41) is 12.0. The lowest BCUT2D eigenvalue weighted by Gasteiger charge is -2.08. The Labute approximate surface area is 89.9 Å². The Balaban J connectivity index is 2.81. The van der Waals surface area contributed by atoms with Crippen molar-refractivity contribution in [1.29, 1.82) is 5.26 Å². The van der Waals surface area contributed by atoms with E-state index in [1.165, 1.54) is 0 Å². The average molecular weight is 208 g/mol. The van der Waals surface area contributed by atoms with Crippen LogP contribution in [0.5, 0.6) is 0 Å². The third-order valence-corrected chi connectivity index (χ3v) is 2.34. The van der Waals surface area contributed by atoms with E-state index in [-0.39, 0.29) is 5.57 Å². The van der Waals surface area contributed by atoms with Gasteiger partial charge < -0.3 is 10.1 Å². The molecule has 0 radical (unpaired) electrons. The van der Waals surface area contributed by atoms with E-state index < -0.39 is 5.97 Å². The van der Waals surface area contributed by atoms with Crippen molar-refractivity contribution in [1.82, 2.24) is 5.32 Å². The van der Waals surface area contributed by atoms with Crippen molar-refractivity contribution in [3.8, 4) is 6.07 Å². The number of allylic oxidation sites excluding steroid dienone is 1. The van der Waals surface area contributed by atoms with Gasteiger partial charge in [0.15, 0.2) is 5.57 Å². The molecular formula is C11H16N2O2. The fourth-order valence-electron chi connectivity index (χ4n) is 1.58. The lowest BCUT2D eigenvalue weighted by molar-refractivity contribution is -0.138. The van der Waals surface area contributed by atoms with E-state index in [1.807, 2.05) is 6.07 Å². The third-order valence-electron chi connectivity index (χ3n) is 2.34. The molecule has 0 unspecified atom stereocenters. The van der Waals surface area contributed by atoms with Crippen LogP contribution < -0.4 is 5.32 Å². The Kier molecular flexibility index (Phi) is 4.69. The van der Waals surface area contributed by atoms with Crippen LogP contribution in [0.25, 0.3) is 0 Å². The van der Waals surface area contributed by atoms with Crippen LogP contribution in [-0.4, -0.2) is 19.1 Å². The summed E-state index contributed by atoms with van der Waals surface area (Å²) < 4.78 is 4.83. The van der Waals surface area contributed by atoms with Crippen LogP contribution in [0.4, 0.5) is 0 Å². The fraction of sp³-hybridized carbons (Fsp3) is 0.636. The summed E-state index contributed by atoms with van der Waals surface area (Å²) in [6.45, 7) is 2.87. The van der Waals surface area contributed by atoms with E-state index in [0.717, 1.165) is 37.9 Å². The highest BCUT2D eigenvalue weighted by atomic mass is 16.5. The van der Waals surface area contributed by atoms with Gasteiger partial charge >= 0.3 is 5.97 Å². The summed E-state index contributed by atoms with van der Waals surface area (Å²) >= 11 is 0. The summed E-state index contributed by atoms with van der Waals surface area (Å²) in [5.74, 6) is -0.510. The number of hydrogen-bond donors (Lipinski definition) is 1. The number of rotatable bonds is 2. The highest BCUT2D eigenvalue weighted by molar-refractivity contribution is 5.93. The molecule has 15 heavy (non-hydrogen) atoms. The van der Waals surface area contributed by atoms with Crippen LogP contribution in [-0.2, 0) is 9.53 Å². The van der Waals surface area contributed by atoms with E-state index in [9.17, 15) is 4.79 Å². The Hall–Kier alpha value is -1.50. The first kappa shape index (κ1) is 11.6. The van der Waals surface area contributed by atoms with Crippen molar-refractivity contribution in [2.75, 3.05) is 13.2 Å². The van der Waals surface area contributed by atoms with Gasteiger partial charge in [-0.05, 0) is 26.2 Å². The monoisotopic (exact) mass is 208 g/mol. The molecule has 1 heterocycles. The molecule has 0 aliphatic carbocycles. The Bertz CT molecular complexity index is 292. The SMILES string of the molecule is CCOC(=O)/C(C#N)=C1\CCCCCN1. The smallest absolute Gasteiger partial charge is 0.350 e. The van der Waals surface area contributed by atoms with Gasteiger partial charge in [-0.3, -0.25) is 0 Å². The lowest BCUT2D eigenvalue weighted by Crippen LogP contribution is -2.18. The summed E-state index contributed by atoms with van der Waals surface area (Å²) in [6, 6.07) is 1.93. The molecule has 0 aromatic heterocycles. The van der Waals surface area contributed by atoms with Crippen molar-refractivity contribution in [2.45, 2.75) is 32.6 Å². The number of nitrogens with one attached hydrogen (secondary N) is 1. The molecule has 0 amide bonds. The van der Waals surface area contributed by atoms with Crippen LogP contribution >= 0.6 is 0 Å². The maximum Gasteiger partial charge on any atom is 0.350 e. The zero-order valence-electron chi connectivity index (χ0n) is 9.01. The second kappa shape index (κ2) is 6.07. The number of carbonyl (C=O) groups is 1. The second-order valence-electron chi connectivity index (χ2n) is 3.42. The average Bonchev–Trinajstić information content (AvgIpc) is 2.48.